The Balaban J connectivity index is 1.13. The number of carbonyl (C=O) groups excluding carboxylic acids is 5. The summed E-state index contributed by atoms with van der Waals surface area (Å²) in [6, 6.07) is -1.39. The number of likely N-dealkylation sites (N-methyl/N-ethyl adjacent to an activating group) is 1. The fraction of sp³-hybridized carbons (Fsp3) is 0.714. The van der Waals surface area contributed by atoms with E-state index in [1.165, 1.54) is 11.9 Å². The standard InChI is InChI=1S/C28H38N6O7/c1-31-24(39)28(33(25(31)40)10-7-16-11-18(16)23(37)38)13-27(14-28)8-5-17(6-9-27)34-22(36)19(20(29)30)21(35)32(26(34)41)12-15-3-2-4-15/h15-18H,2-14,29-30H2,1H3,(H,37,38)/t16-,17?,18-,27?,28?/m0/s1. The summed E-state index contributed by atoms with van der Waals surface area (Å²) in [6.07, 6.45) is 7.39. The van der Waals surface area contributed by atoms with Crippen LogP contribution in [0.2, 0.25) is 0 Å². The van der Waals surface area contributed by atoms with Crippen LogP contribution in [0.4, 0.5) is 9.59 Å². The number of carbonyl (C=O) groups is 6. The number of aliphatic carboxylic acids is 1. The highest BCUT2D eigenvalue weighted by molar-refractivity contribution is 6.29. The van der Waals surface area contributed by atoms with Crippen LogP contribution in [0.3, 0.4) is 0 Å². The van der Waals surface area contributed by atoms with E-state index < -0.39 is 35.4 Å². The van der Waals surface area contributed by atoms with Gasteiger partial charge in [0.15, 0.2) is 0 Å². The molecule has 0 aromatic carbocycles. The van der Waals surface area contributed by atoms with E-state index in [1.807, 2.05) is 0 Å². The molecule has 6 fully saturated rings. The first-order chi connectivity index (χ1) is 19.4. The van der Waals surface area contributed by atoms with E-state index in [0.29, 0.717) is 57.9 Å². The predicted molar refractivity (Wildman–Crippen MR) is 142 cm³/mol. The lowest BCUT2D eigenvalue weighted by atomic mass is 9.51. The highest BCUT2D eigenvalue weighted by Gasteiger charge is 2.68. The molecule has 0 aromatic heterocycles. The summed E-state index contributed by atoms with van der Waals surface area (Å²) in [4.78, 5) is 82.4. The fourth-order valence-electron chi connectivity index (χ4n) is 8.02. The average Bonchev–Trinajstić information content (AvgIpc) is 3.63. The average molecular weight is 571 g/mol. The second-order valence-corrected chi connectivity index (χ2v) is 13.1. The molecule has 5 N–H and O–H groups in total. The zero-order chi connectivity index (χ0) is 29.4. The first kappa shape index (κ1) is 27.5. The second kappa shape index (κ2) is 9.45. The van der Waals surface area contributed by atoms with Crippen molar-refractivity contribution < 1.29 is 33.9 Å². The third kappa shape index (κ3) is 4.18. The molecule has 0 bridgehead atoms. The number of urea groups is 2. The lowest BCUT2D eigenvalue weighted by Crippen LogP contribution is -2.66. The molecule has 13 nitrogen and oxygen atoms in total. The maximum Gasteiger partial charge on any atom is 0.334 e. The number of carboxylic acid groups (broad SMARTS) is 1. The highest BCUT2D eigenvalue weighted by Crippen LogP contribution is 2.61. The van der Waals surface area contributed by atoms with E-state index in [4.69, 9.17) is 11.5 Å². The minimum absolute atomic E-state index is 0.0275. The summed E-state index contributed by atoms with van der Waals surface area (Å²) in [5.74, 6) is -3.04. The van der Waals surface area contributed by atoms with Gasteiger partial charge in [-0.3, -0.25) is 33.9 Å². The van der Waals surface area contributed by atoms with Gasteiger partial charge in [-0.05, 0) is 81.5 Å². The number of barbiturate groups is 1. The van der Waals surface area contributed by atoms with Gasteiger partial charge < -0.3 is 21.5 Å². The summed E-state index contributed by atoms with van der Waals surface area (Å²) in [5, 5.41) is 9.22. The molecule has 2 heterocycles. The van der Waals surface area contributed by atoms with Gasteiger partial charge in [0.05, 0.1) is 5.92 Å². The number of hydrogen-bond donors (Lipinski definition) is 3. The number of carboxylic acids is 1. The summed E-state index contributed by atoms with van der Waals surface area (Å²) < 4.78 is 0. The molecule has 13 heteroatoms. The molecular weight excluding hydrogens is 532 g/mol. The minimum Gasteiger partial charge on any atom is -0.481 e. The number of hydrogen-bond acceptors (Lipinski definition) is 8. The number of nitrogens with zero attached hydrogens (tertiary/aromatic N) is 4. The van der Waals surface area contributed by atoms with Crippen molar-refractivity contribution in [1.29, 1.82) is 0 Å². The van der Waals surface area contributed by atoms with Crippen LogP contribution in [0, 0.1) is 23.2 Å². The maximum absolute atomic E-state index is 13.5. The Labute approximate surface area is 237 Å². The Morgan fingerprint density at radius 3 is 2.17 bits per heavy atom. The van der Waals surface area contributed by atoms with Crippen LogP contribution in [0.25, 0.3) is 0 Å². The Bertz CT molecular complexity index is 1250. The van der Waals surface area contributed by atoms with E-state index in [-0.39, 0.29) is 53.0 Å². The van der Waals surface area contributed by atoms with Crippen LogP contribution in [-0.4, -0.2) is 92.2 Å². The molecule has 7 amide bonds. The number of amides is 7. The van der Waals surface area contributed by atoms with E-state index in [2.05, 4.69) is 0 Å². The molecule has 2 saturated heterocycles. The Morgan fingerprint density at radius 2 is 1.63 bits per heavy atom. The van der Waals surface area contributed by atoms with E-state index in [0.717, 1.165) is 29.1 Å². The van der Waals surface area contributed by atoms with E-state index >= 15 is 0 Å². The largest absolute Gasteiger partial charge is 0.481 e. The van der Waals surface area contributed by atoms with Crippen molar-refractivity contribution in [2.75, 3.05) is 20.1 Å². The van der Waals surface area contributed by atoms with Gasteiger partial charge in [-0.25, -0.2) is 9.59 Å². The van der Waals surface area contributed by atoms with Gasteiger partial charge in [-0.1, -0.05) is 6.42 Å². The molecule has 0 radical (unpaired) electrons. The summed E-state index contributed by atoms with van der Waals surface area (Å²) in [7, 11) is 1.49. The van der Waals surface area contributed by atoms with Crippen LogP contribution in [0.1, 0.15) is 70.6 Å². The quantitative estimate of drug-likeness (QED) is 0.229. The molecule has 2 atom stereocenters. The normalized spacial score (nSPS) is 35.5. The smallest absolute Gasteiger partial charge is 0.334 e. The van der Waals surface area contributed by atoms with Crippen LogP contribution < -0.4 is 11.5 Å². The third-order valence-electron chi connectivity index (χ3n) is 10.7. The molecule has 6 aliphatic rings. The molecule has 2 spiro atoms. The number of rotatable bonds is 7. The van der Waals surface area contributed by atoms with Gasteiger partial charge in [0, 0.05) is 26.2 Å². The van der Waals surface area contributed by atoms with Crippen molar-refractivity contribution in [2.24, 2.45) is 34.6 Å². The maximum atomic E-state index is 13.5. The van der Waals surface area contributed by atoms with Crippen LogP contribution in [-0.2, 0) is 19.2 Å². The Morgan fingerprint density at radius 1 is 0.976 bits per heavy atom. The molecule has 0 unspecified atom stereocenters. The zero-order valence-corrected chi connectivity index (χ0v) is 23.3. The second-order valence-electron chi connectivity index (χ2n) is 13.1. The van der Waals surface area contributed by atoms with Crippen LogP contribution in [0.5, 0.6) is 0 Å². The predicted octanol–water partition coefficient (Wildman–Crippen LogP) is 1.17. The summed E-state index contributed by atoms with van der Waals surface area (Å²) in [5.41, 5.74) is 10.0. The van der Waals surface area contributed by atoms with Gasteiger partial charge >= 0.3 is 18.0 Å². The van der Waals surface area contributed by atoms with E-state index in [9.17, 15) is 33.9 Å². The highest BCUT2D eigenvalue weighted by atomic mass is 16.4. The van der Waals surface area contributed by atoms with E-state index in [1.54, 1.807) is 4.90 Å². The summed E-state index contributed by atoms with van der Waals surface area (Å²) in [6.45, 7) is 0.588. The molecule has 2 aliphatic heterocycles. The SMILES string of the molecule is CN1C(=O)N(CC[C@H]2C[C@@H]2C(=O)O)C2(CC3(CCC(N4C(=O)C(=C(N)N)C(=O)N(CC5CCC5)C4=O)CC3)C2)C1=O. The van der Waals surface area contributed by atoms with Crippen molar-refractivity contribution in [3.63, 3.8) is 0 Å². The van der Waals surface area contributed by atoms with Crippen molar-refractivity contribution >= 4 is 35.8 Å². The molecule has 6 rings (SSSR count). The van der Waals surface area contributed by atoms with Crippen molar-refractivity contribution in [3.05, 3.63) is 11.4 Å². The minimum atomic E-state index is -0.918. The monoisotopic (exact) mass is 570 g/mol. The van der Waals surface area contributed by atoms with Crippen LogP contribution >= 0.6 is 0 Å². The van der Waals surface area contributed by atoms with Gasteiger partial charge in [-0.2, -0.15) is 0 Å². The number of nitrogens with two attached hydrogens (primary N) is 2. The number of imide groups is 3. The topological polar surface area (TPSA) is 188 Å². The molecular formula is C28H38N6O7. The van der Waals surface area contributed by atoms with Gasteiger partial charge in [0.25, 0.3) is 17.7 Å². The van der Waals surface area contributed by atoms with Crippen molar-refractivity contribution in [1.82, 2.24) is 19.6 Å². The lowest BCUT2D eigenvalue weighted by Gasteiger charge is -2.59. The summed E-state index contributed by atoms with van der Waals surface area (Å²) >= 11 is 0. The third-order valence-corrected chi connectivity index (χ3v) is 10.7. The van der Waals surface area contributed by atoms with Crippen molar-refractivity contribution in [2.45, 2.75) is 82.2 Å². The van der Waals surface area contributed by atoms with Gasteiger partial charge in [-0.15, -0.1) is 0 Å². The fourth-order valence-corrected chi connectivity index (χ4v) is 8.02. The first-order valence-corrected chi connectivity index (χ1v) is 14.7. The van der Waals surface area contributed by atoms with Gasteiger partial charge in [0.2, 0.25) is 0 Å². The molecule has 4 aliphatic carbocycles. The molecule has 4 saturated carbocycles. The molecule has 0 aromatic rings. The Kier molecular flexibility index (Phi) is 6.34. The van der Waals surface area contributed by atoms with Crippen molar-refractivity contribution in [3.8, 4) is 0 Å². The lowest BCUT2D eigenvalue weighted by molar-refractivity contribution is -0.150. The van der Waals surface area contributed by atoms with Crippen LogP contribution in [0.15, 0.2) is 11.4 Å². The molecule has 41 heavy (non-hydrogen) atoms. The van der Waals surface area contributed by atoms with Gasteiger partial charge in [0.1, 0.15) is 16.9 Å². The zero-order valence-electron chi connectivity index (χ0n) is 23.3. The first-order valence-electron chi connectivity index (χ1n) is 14.7. The Hall–Kier alpha value is -3.64. The molecule has 222 valence electrons.